The number of aromatic amines is 1. The van der Waals surface area contributed by atoms with Gasteiger partial charge in [0.2, 0.25) is 0 Å². The van der Waals surface area contributed by atoms with Crippen LogP contribution in [-0.4, -0.2) is 33.1 Å². The van der Waals surface area contributed by atoms with Crippen molar-refractivity contribution in [2.24, 2.45) is 0 Å². The van der Waals surface area contributed by atoms with Gasteiger partial charge in [-0.15, -0.1) is 0 Å². The van der Waals surface area contributed by atoms with Crippen LogP contribution in [0.25, 0.3) is 22.4 Å². The zero-order valence-corrected chi connectivity index (χ0v) is 13.1. The van der Waals surface area contributed by atoms with Crippen molar-refractivity contribution in [1.29, 1.82) is 0 Å². The second kappa shape index (κ2) is 6.44. The SMILES string of the molecule is CO/C(=C(/C(=O)O)c1ccccc1)c1nc2ccc([N+](=O)[O-])cc2[nH]1. The van der Waals surface area contributed by atoms with Crippen LogP contribution >= 0.6 is 0 Å². The predicted octanol–water partition coefficient (Wildman–Crippen LogP) is 3.07. The van der Waals surface area contributed by atoms with E-state index in [2.05, 4.69) is 9.97 Å². The van der Waals surface area contributed by atoms with Gasteiger partial charge in [-0.3, -0.25) is 10.1 Å². The molecule has 0 aliphatic carbocycles. The Bertz CT molecular complexity index is 992. The molecule has 0 aliphatic heterocycles. The van der Waals surface area contributed by atoms with Crippen molar-refractivity contribution in [3.8, 4) is 0 Å². The van der Waals surface area contributed by atoms with Crippen molar-refractivity contribution in [2.45, 2.75) is 0 Å². The second-order valence-corrected chi connectivity index (χ2v) is 5.12. The van der Waals surface area contributed by atoms with E-state index in [9.17, 15) is 20.0 Å². The van der Waals surface area contributed by atoms with Gasteiger partial charge >= 0.3 is 5.97 Å². The first-order valence-electron chi connectivity index (χ1n) is 7.22. The number of aromatic nitrogens is 2. The van der Waals surface area contributed by atoms with E-state index in [1.807, 2.05) is 0 Å². The number of rotatable bonds is 5. The number of aliphatic carboxylic acids is 1. The average molecular weight is 339 g/mol. The Morgan fingerprint density at radius 1 is 1.24 bits per heavy atom. The van der Waals surface area contributed by atoms with Gasteiger partial charge in [-0.2, -0.15) is 0 Å². The summed E-state index contributed by atoms with van der Waals surface area (Å²) < 4.78 is 5.29. The van der Waals surface area contributed by atoms with Crippen molar-refractivity contribution in [1.82, 2.24) is 9.97 Å². The molecule has 1 aromatic heterocycles. The molecule has 0 saturated heterocycles. The molecule has 0 bridgehead atoms. The quantitative estimate of drug-likeness (QED) is 0.319. The third-order valence-electron chi connectivity index (χ3n) is 3.60. The number of carboxylic acid groups (broad SMARTS) is 1. The summed E-state index contributed by atoms with van der Waals surface area (Å²) in [6.45, 7) is 0. The summed E-state index contributed by atoms with van der Waals surface area (Å²) >= 11 is 0. The Balaban J connectivity index is 2.21. The van der Waals surface area contributed by atoms with Crippen LogP contribution in [0, 0.1) is 10.1 Å². The first-order valence-corrected chi connectivity index (χ1v) is 7.22. The number of non-ortho nitro benzene ring substituents is 1. The zero-order valence-electron chi connectivity index (χ0n) is 13.1. The molecule has 0 amide bonds. The summed E-state index contributed by atoms with van der Waals surface area (Å²) in [5, 5.41) is 20.5. The second-order valence-electron chi connectivity index (χ2n) is 5.12. The van der Waals surface area contributed by atoms with Crippen LogP contribution in [0.3, 0.4) is 0 Å². The number of hydrogen-bond acceptors (Lipinski definition) is 5. The minimum Gasteiger partial charge on any atom is -0.492 e. The molecule has 25 heavy (non-hydrogen) atoms. The number of H-pyrrole nitrogens is 1. The number of nitrogens with zero attached hydrogens (tertiary/aromatic N) is 2. The first kappa shape index (κ1) is 16.2. The van der Waals surface area contributed by atoms with Gasteiger partial charge < -0.3 is 14.8 Å². The zero-order chi connectivity index (χ0) is 18.0. The third-order valence-corrected chi connectivity index (χ3v) is 3.60. The fourth-order valence-corrected chi connectivity index (χ4v) is 2.49. The molecule has 3 aromatic rings. The van der Waals surface area contributed by atoms with E-state index in [0.717, 1.165) is 0 Å². The van der Waals surface area contributed by atoms with Crippen molar-refractivity contribution >= 4 is 34.0 Å². The van der Waals surface area contributed by atoms with Crippen molar-refractivity contribution in [2.75, 3.05) is 7.11 Å². The lowest BCUT2D eigenvalue weighted by atomic mass is 10.0. The molecule has 0 saturated carbocycles. The lowest BCUT2D eigenvalue weighted by Crippen LogP contribution is -2.06. The van der Waals surface area contributed by atoms with Gasteiger partial charge in [0, 0.05) is 12.1 Å². The molecule has 1 heterocycles. The van der Waals surface area contributed by atoms with E-state index in [4.69, 9.17) is 4.74 Å². The molecular formula is C17H13N3O5. The summed E-state index contributed by atoms with van der Waals surface area (Å²) in [6, 6.07) is 12.7. The summed E-state index contributed by atoms with van der Waals surface area (Å²) in [5.41, 5.74) is 1.19. The third kappa shape index (κ3) is 3.05. The number of fused-ring (bicyclic) bond motifs is 1. The van der Waals surface area contributed by atoms with Crippen LogP contribution in [-0.2, 0) is 9.53 Å². The van der Waals surface area contributed by atoms with Gasteiger partial charge in [-0.05, 0) is 11.6 Å². The van der Waals surface area contributed by atoms with Gasteiger partial charge in [0.1, 0.15) is 5.57 Å². The van der Waals surface area contributed by atoms with Gasteiger partial charge in [-0.25, -0.2) is 9.78 Å². The van der Waals surface area contributed by atoms with Crippen LogP contribution in [0.1, 0.15) is 11.4 Å². The van der Waals surface area contributed by atoms with Gasteiger partial charge in [-0.1, -0.05) is 30.3 Å². The van der Waals surface area contributed by atoms with Crippen LogP contribution in [0.5, 0.6) is 0 Å². The largest absolute Gasteiger partial charge is 0.492 e. The number of hydrogen-bond donors (Lipinski definition) is 2. The fourth-order valence-electron chi connectivity index (χ4n) is 2.49. The van der Waals surface area contributed by atoms with E-state index in [0.29, 0.717) is 16.6 Å². The molecule has 0 atom stereocenters. The van der Waals surface area contributed by atoms with E-state index in [1.54, 1.807) is 30.3 Å². The first-order chi connectivity index (χ1) is 12.0. The Hall–Kier alpha value is -3.68. The van der Waals surface area contributed by atoms with Gasteiger partial charge in [0.15, 0.2) is 11.6 Å². The minimum atomic E-state index is -1.17. The molecule has 0 fully saturated rings. The predicted molar refractivity (Wildman–Crippen MR) is 90.6 cm³/mol. The highest BCUT2D eigenvalue weighted by atomic mass is 16.6. The molecule has 0 spiro atoms. The average Bonchev–Trinajstić information content (AvgIpc) is 3.02. The highest BCUT2D eigenvalue weighted by Gasteiger charge is 2.22. The van der Waals surface area contributed by atoms with Crippen LogP contribution in [0.15, 0.2) is 48.5 Å². The van der Waals surface area contributed by atoms with Gasteiger partial charge in [0.25, 0.3) is 5.69 Å². The highest BCUT2D eigenvalue weighted by molar-refractivity contribution is 6.22. The van der Waals surface area contributed by atoms with Crippen molar-refractivity contribution in [3.05, 3.63) is 70.0 Å². The standard InChI is InChI=1S/C17H13N3O5/c1-25-15(14(17(21)22)10-5-3-2-4-6-10)16-18-12-8-7-11(20(23)24)9-13(12)19-16/h2-9H,1H3,(H,18,19)(H,21,22)/b15-14+. The fraction of sp³-hybridized carbons (Fsp3) is 0.0588. The summed E-state index contributed by atoms with van der Waals surface area (Å²) in [5.74, 6) is -0.953. The molecule has 2 N–H and O–H groups in total. The monoisotopic (exact) mass is 339 g/mol. The smallest absolute Gasteiger partial charge is 0.340 e. The number of nitro benzene ring substituents is 1. The summed E-state index contributed by atoms with van der Waals surface area (Å²) in [6.07, 6.45) is 0. The maximum Gasteiger partial charge on any atom is 0.340 e. The number of methoxy groups -OCH3 is 1. The minimum absolute atomic E-state index is 0.0394. The van der Waals surface area contributed by atoms with Gasteiger partial charge in [0.05, 0.1) is 23.1 Å². The Labute approximate surface area is 141 Å². The van der Waals surface area contributed by atoms with E-state index in [1.165, 1.54) is 25.3 Å². The lowest BCUT2D eigenvalue weighted by Gasteiger charge is -2.09. The molecule has 8 heteroatoms. The van der Waals surface area contributed by atoms with Crippen molar-refractivity contribution < 1.29 is 19.6 Å². The molecule has 3 rings (SSSR count). The Kier molecular flexibility index (Phi) is 4.17. The number of benzene rings is 2. The van der Waals surface area contributed by atoms with Crippen LogP contribution < -0.4 is 0 Å². The maximum absolute atomic E-state index is 11.8. The lowest BCUT2D eigenvalue weighted by molar-refractivity contribution is -0.384. The molecule has 8 nitrogen and oxygen atoms in total. The number of nitrogens with one attached hydrogen (secondary N) is 1. The molecule has 0 unspecified atom stereocenters. The number of carbonyl (C=O) groups is 1. The molecule has 0 aliphatic rings. The normalized spacial score (nSPS) is 11.9. The van der Waals surface area contributed by atoms with Crippen LogP contribution in [0.2, 0.25) is 0 Å². The Morgan fingerprint density at radius 3 is 2.56 bits per heavy atom. The van der Waals surface area contributed by atoms with Crippen LogP contribution in [0.4, 0.5) is 5.69 Å². The molecule has 126 valence electrons. The molecular weight excluding hydrogens is 326 g/mol. The Morgan fingerprint density at radius 2 is 1.96 bits per heavy atom. The topological polar surface area (TPSA) is 118 Å². The summed E-state index contributed by atoms with van der Waals surface area (Å²) in [4.78, 5) is 29.3. The highest BCUT2D eigenvalue weighted by Crippen LogP contribution is 2.28. The number of carboxylic acids is 1. The van der Waals surface area contributed by atoms with E-state index in [-0.39, 0.29) is 22.8 Å². The number of imidazole rings is 1. The maximum atomic E-state index is 11.8. The number of nitro groups is 1. The van der Waals surface area contributed by atoms with E-state index < -0.39 is 10.9 Å². The number of ether oxygens (including phenoxy) is 1. The summed E-state index contributed by atoms with van der Waals surface area (Å²) in [7, 11) is 1.34. The van der Waals surface area contributed by atoms with E-state index >= 15 is 0 Å². The molecule has 0 radical (unpaired) electrons. The van der Waals surface area contributed by atoms with Crippen molar-refractivity contribution in [3.63, 3.8) is 0 Å². The molecule has 2 aromatic carbocycles.